The average Bonchev–Trinajstić information content (AvgIpc) is 3.26. The molecular weight excluding hydrogens is 625 g/mol. The van der Waals surface area contributed by atoms with Crippen molar-refractivity contribution in [1.29, 1.82) is 10.8 Å². The number of halogens is 3. The normalized spacial score (nSPS) is 16.8. The Kier molecular flexibility index (Phi) is 12.5. The average molecular weight is 661 g/mol. The summed E-state index contributed by atoms with van der Waals surface area (Å²) in [7, 11) is -4.11. The summed E-state index contributed by atoms with van der Waals surface area (Å²) in [6.07, 6.45) is 5.29. The van der Waals surface area contributed by atoms with Crippen molar-refractivity contribution < 1.29 is 22.7 Å². The third kappa shape index (κ3) is 8.31. The highest BCUT2D eigenvalue weighted by Gasteiger charge is 2.39. The topological polar surface area (TPSA) is 150 Å². The number of nitrogens with two attached hydrogens (primary N) is 1. The third-order valence-electron chi connectivity index (χ3n) is 6.92. The Morgan fingerprint density at radius 2 is 1.86 bits per heavy atom. The largest absolute Gasteiger partial charge is 0.489 e. The van der Waals surface area contributed by atoms with Crippen molar-refractivity contribution in [3.63, 3.8) is 0 Å². The van der Waals surface area contributed by atoms with E-state index < -0.39 is 27.8 Å². The van der Waals surface area contributed by atoms with Gasteiger partial charge in [0.05, 0.1) is 29.2 Å². The van der Waals surface area contributed by atoms with Crippen molar-refractivity contribution in [2.75, 3.05) is 29.8 Å². The summed E-state index contributed by atoms with van der Waals surface area (Å²) in [4.78, 5) is 14.2. The Hall–Kier alpha value is -2.99. The molecule has 0 aliphatic carbocycles. The molecule has 0 amide bonds. The number of sulfonamides is 1. The summed E-state index contributed by atoms with van der Waals surface area (Å²) in [6.45, 7) is 4.91. The van der Waals surface area contributed by atoms with Crippen LogP contribution in [0.1, 0.15) is 43.4 Å². The second-order valence-corrected chi connectivity index (χ2v) is 12.1. The summed E-state index contributed by atoms with van der Waals surface area (Å²) in [6, 6.07) is 9.80. The van der Waals surface area contributed by atoms with Gasteiger partial charge in [0.2, 0.25) is 10.0 Å². The summed E-state index contributed by atoms with van der Waals surface area (Å²) in [5, 5.41) is 15.8. The van der Waals surface area contributed by atoms with Crippen LogP contribution < -0.4 is 14.8 Å². The van der Waals surface area contributed by atoms with Crippen LogP contribution in [0.5, 0.6) is 5.75 Å². The molecule has 4 rings (SSSR count). The van der Waals surface area contributed by atoms with Crippen LogP contribution in [0.3, 0.4) is 0 Å². The molecule has 4 N–H and O–H groups in total. The Morgan fingerprint density at radius 1 is 1.17 bits per heavy atom. The molecule has 2 heterocycles. The first-order chi connectivity index (χ1) is 19.0. The number of anilines is 1. The number of fused-ring (bicyclic) bond motifs is 1. The minimum atomic E-state index is -4.11. The van der Waals surface area contributed by atoms with Crippen molar-refractivity contribution in [2.45, 2.75) is 45.3 Å². The number of piperidine rings is 1. The van der Waals surface area contributed by atoms with Gasteiger partial charge in [0.25, 0.3) is 0 Å². The number of carbonyl (C=O) groups is 1. The van der Waals surface area contributed by atoms with Crippen molar-refractivity contribution >= 4 is 75.8 Å². The second-order valence-electron chi connectivity index (χ2n) is 9.83. The third-order valence-corrected chi connectivity index (χ3v) is 8.89. The number of nitrogens with one attached hydrogen (secondary N) is 2. The minimum Gasteiger partial charge on any atom is -0.489 e. The molecule has 230 valence electrons. The highest BCUT2D eigenvalue weighted by atomic mass is 35.5. The van der Waals surface area contributed by atoms with Crippen LogP contribution in [0.2, 0.25) is 5.02 Å². The van der Waals surface area contributed by atoms with Gasteiger partial charge in [0.15, 0.2) is 5.75 Å². The van der Waals surface area contributed by atoms with E-state index in [0.29, 0.717) is 29.3 Å². The zero-order chi connectivity index (χ0) is 29.0. The van der Waals surface area contributed by atoms with Crippen LogP contribution in [-0.4, -0.2) is 68.6 Å². The van der Waals surface area contributed by atoms with Gasteiger partial charge >= 0.3 is 5.97 Å². The standard InChI is InChI=1S/C28H34ClN5O5S.2ClH/c1-3-38-27(35)17-40(36,37)34-22(8-7-19-5-4-6-20(13-19)28(31)32)14-21-15-26(24(29)16-25(21)34)39-23-9-11-33(12-10-23)18(2)30;;/h4-8,13,15-16,22-23,30H,3,9-12,14,17H2,1-2H3,(H3,31,32);2*1H/b8-7+,30-18?;;. The number of amidine groups is 2. The van der Waals surface area contributed by atoms with E-state index in [1.165, 1.54) is 4.31 Å². The van der Waals surface area contributed by atoms with Gasteiger partial charge in [-0.3, -0.25) is 19.9 Å². The molecule has 2 aliphatic heterocycles. The molecule has 2 aromatic rings. The molecule has 14 heteroatoms. The molecule has 2 aromatic carbocycles. The zero-order valence-electron chi connectivity index (χ0n) is 23.3. The number of nitrogen functional groups attached to an aromatic ring is 1. The first-order valence-electron chi connectivity index (χ1n) is 13.1. The predicted octanol–water partition coefficient (Wildman–Crippen LogP) is 4.65. The number of hydrogen-bond donors (Lipinski definition) is 3. The van der Waals surface area contributed by atoms with Gasteiger partial charge in [-0.1, -0.05) is 42.0 Å². The number of nitrogens with zero attached hydrogens (tertiary/aromatic N) is 2. The number of likely N-dealkylation sites (tertiary alicyclic amines) is 1. The zero-order valence-corrected chi connectivity index (χ0v) is 26.5. The summed E-state index contributed by atoms with van der Waals surface area (Å²) in [5.74, 6) is -0.684. The molecule has 0 radical (unpaired) electrons. The fraction of sp³-hybridized carbons (Fsp3) is 0.393. The minimum absolute atomic E-state index is 0. The Bertz CT molecular complexity index is 1450. The van der Waals surface area contributed by atoms with E-state index in [-0.39, 0.29) is 48.4 Å². The Balaban J connectivity index is 0.00000308. The van der Waals surface area contributed by atoms with E-state index in [9.17, 15) is 13.2 Å². The van der Waals surface area contributed by atoms with Crippen LogP contribution in [-0.2, 0) is 26.0 Å². The summed E-state index contributed by atoms with van der Waals surface area (Å²) >= 11 is 6.61. The fourth-order valence-electron chi connectivity index (χ4n) is 4.97. The highest BCUT2D eigenvalue weighted by Crippen LogP contribution is 2.42. The maximum atomic E-state index is 13.5. The lowest BCUT2D eigenvalue weighted by Gasteiger charge is -2.33. The van der Waals surface area contributed by atoms with Crippen molar-refractivity contribution in [3.8, 4) is 5.75 Å². The molecule has 1 saturated heterocycles. The quantitative estimate of drug-likeness (QED) is 0.201. The van der Waals surface area contributed by atoms with Crippen molar-refractivity contribution in [2.24, 2.45) is 5.73 Å². The number of ether oxygens (including phenoxy) is 2. The van der Waals surface area contributed by atoms with Crippen LogP contribution in [0.15, 0.2) is 42.5 Å². The van der Waals surface area contributed by atoms with Crippen LogP contribution in [0.25, 0.3) is 6.08 Å². The molecule has 1 unspecified atom stereocenters. The van der Waals surface area contributed by atoms with Crippen LogP contribution in [0, 0.1) is 10.8 Å². The molecule has 0 aromatic heterocycles. The van der Waals surface area contributed by atoms with Gasteiger partial charge in [-0.2, -0.15) is 0 Å². The lowest BCUT2D eigenvalue weighted by Crippen LogP contribution is -2.40. The van der Waals surface area contributed by atoms with Crippen molar-refractivity contribution in [1.82, 2.24) is 4.90 Å². The van der Waals surface area contributed by atoms with E-state index in [1.54, 1.807) is 56.3 Å². The van der Waals surface area contributed by atoms with E-state index in [0.717, 1.165) is 37.1 Å². The smallest absolute Gasteiger partial charge is 0.323 e. The summed E-state index contributed by atoms with van der Waals surface area (Å²) < 4.78 is 39.4. The lowest BCUT2D eigenvalue weighted by molar-refractivity contribution is -0.139. The Labute approximate surface area is 264 Å². The van der Waals surface area contributed by atoms with E-state index in [4.69, 9.17) is 37.6 Å². The monoisotopic (exact) mass is 659 g/mol. The molecule has 2 aliphatic rings. The molecule has 0 saturated carbocycles. The van der Waals surface area contributed by atoms with Gasteiger partial charge in [-0.25, -0.2) is 8.42 Å². The number of carbonyl (C=O) groups excluding carboxylic acids is 1. The number of hydrogen-bond acceptors (Lipinski definition) is 7. The van der Waals surface area contributed by atoms with Crippen LogP contribution in [0.4, 0.5) is 5.69 Å². The predicted molar refractivity (Wildman–Crippen MR) is 171 cm³/mol. The SMILES string of the molecule is CCOC(=O)CS(=O)(=O)N1c2cc(Cl)c(OC3CCN(C(C)=N)CC3)cc2CC1/C=C/c1cccc(C(=N)N)c1.Cl.Cl. The maximum Gasteiger partial charge on any atom is 0.323 e. The van der Waals surface area contributed by atoms with E-state index in [1.807, 2.05) is 11.0 Å². The molecule has 0 spiro atoms. The first kappa shape index (κ1) is 35.2. The lowest BCUT2D eigenvalue weighted by atomic mass is 10.1. The second kappa shape index (κ2) is 15.0. The van der Waals surface area contributed by atoms with Gasteiger partial charge in [-0.15, -0.1) is 24.8 Å². The molecule has 42 heavy (non-hydrogen) atoms. The first-order valence-corrected chi connectivity index (χ1v) is 15.1. The van der Waals surface area contributed by atoms with Gasteiger partial charge in [-0.05, 0) is 49.6 Å². The molecule has 0 bridgehead atoms. The number of rotatable bonds is 9. The van der Waals surface area contributed by atoms with Gasteiger partial charge in [0, 0.05) is 31.5 Å². The Morgan fingerprint density at radius 3 is 2.48 bits per heavy atom. The molecule has 10 nitrogen and oxygen atoms in total. The molecule has 1 fully saturated rings. The van der Waals surface area contributed by atoms with Gasteiger partial charge in [0.1, 0.15) is 17.7 Å². The van der Waals surface area contributed by atoms with Crippen LogP contribution >= 0.6 is 36.4 Å². The highest BCUT2D eigenvalue weighted by molar-refractivity contribution is 7.93. The maximum absolute atomic E-state index is 13.5. The summed E-state index contributed by atoms with van der Waals surface area (Å²) in [5.41, 5.74) is 8.04. The number of benzene rings is 2. The molecule has 1 atom stereocenters. The van der Waals surface area contributed by atoms with Gasteiger partial charge < -0.3 is 20.1 Å². The van der Waals surface area contributed by atoms with E-state index in [2.05, 4.69) is 0 Å². The molecular formula is C28H36Cl3N5O5S. The fourth-order valence-corrected chi connectivity index (χ4v) is 6.72. The van der Waals surface area contributed by atoms with E-state index >= 15 is 0 Å². The van der Waals surface area contributed by atoms with Crippen molar-refractivity contribution in [3.05, 3.63) is 64.2 Å². The number of esters is 1.